The zero-order valence-electron chi connectivity index (χ0n) is 19.1. The maximum Gasteiger partial charge on any atom is 0.253 e. The smallest absolute Gasteiger partial charge is 0.253 e. The third-order valence-electron chi connectivity index (χ3n) is 6.08. The van der Waals surface area contributed by atoms with Crippen LogP contribution < -0.4 is 10.1 Å². The molecule has 3 heterocycles. The average Bonchev–Trinajstić information content (AvgIpc) is 3.25. The summed E-state index contributed by atoms with van der Waals surface area (Å²) >= 11 is 2.25. The van der Waals surface area contributed by atoms with Crippen molar-refractivity contribution < 1.29 is 9.53 Å². The summed E-state index contributed by atoms with van der Waals surface area (Å²) in [5, 5.41) is 3.41. The highest BCUT2D eigenvalue weighted by molar-refractivity contribution is 14.2. The molecule has 0 unspecified atom stereocenters. The number of nitrogens with one attached hydrogen (secondary N) is 1. The highest BCUT2D eigenvalue weighted by Crippen LogP contribution is 2.36. The Morgan fingerprint density at radius 1 is 1.21 bits per heavy atom. The molecule has 2 aromatic heterocycles. The molecule has 2 aromatic carbocycles. The van der Waals surface area contributed by atoms with E-state index in [0.29, 0.717) is 5.56 Å². The van der Waals surface area contributed by atoms with E-state index < -0.39 is 0 Å². The lowest BCUT2D eigenvalue weighted by molar-refractivity contribution is 0.0827. The van der Waals surface area contributed by atoms with Gasteiger partial charge in [0, 0.05) is 79.4 Å². The Labute approximate surface area is 214 Å². The Kier molecular flexibility index (Phi) is 6.50. The van der Waals surface area contributed by atoms with Crippen LogP contribution in [0.15, 0.2) is 48.8 Å². The molecule has 0 radical (unpaired) electrons. The zero-order valence-corrected chi connectivity index (χ0v) is 22.1. The SMILES string of the molecule is COc1cc(-c2cnc3c(n2)c(-c2ccc(C(=O)N(C)C)cc2)cn3SI)cc2c1CNCC2. The molecule has 34 heavy (non-hydrogen) atoms. The van der Waals surface area contributed by atoms with E-state index in [2.05, 4.69) is 32.6 Å². The first-order valence-corrected chi connectivity index (χ1v) is 14.2. The molecule has 5 rings (SSSR count). The molecule has 1 amide bonds. The first-order chi connectivity index (χ1) is 16.5. The highest BCUT2D eigenvalue weighted by Gasteiger charge is 2.19. The molecule has 0 saturated carbocycles. The molecule has 7 nitrogen and oxygen atoms in total. The van der Waals surface area contributed by atoms with Crippen molar-refractivity contribution in [2.45, 2.75) is 13.0 Å². The third-order valence-corrected chi connectivity index (χ3v) is 7.78. The molecule has 174 valence electrons. The lowest BCUT2D eigenvalue weighted by Gasteiger charge is -2.21. The van der Waals surface area contributed by atoms with E-state index in [4.69, 9.17) is 14.7 Å². The Bertz CT molecular complexity index is 1370. The third kappa shape index (κ3) is 4.16. The van der Waals surface area contributed by atoms with Crippen molar-refractivity contribution in [1.29, 1.82) is 0 Å². The largest absolute Gasteiger partial charge is 0.496 e. The lowest BCUT2D eigenvalue weighted by atomic mass is 9.96. The fourth-order valence-electron chi connectivity index (χ4n) is 4.31. The van der Waals surface area contributed by atoms with Crippen LogP contribution in [0, 0.1) is 0 Å². The number of methoxy groups -OCH3 is 1. The fraction of sp³-hybridized carbons (Fsp3) is 0.240. The van der Waals surface area contributed by atoms with Crippen LogP contribution in [0.4, 0.5) is 0 Å². The second-order valence-corrected chi connectivity index (χ2v) is 10.1. The minimum absolute atomic E-state index is 0.0181. The number of ether oxygens (including phenoxy) is 1. The van der Waals surface area contributed by atoms with Gasteiger partial charge in [0.05, 0.1) is 19.0 Å². The van der Waals surface area contributed by atoms with Crippen LogP contribution in [0.5, 0.6) is 5.75 Å². The Hall–Kier alpha value is -2.63. The van der Waals surface area contributed by atoms with Gasteiger partial charge in [-0.3, -0.25) is 8.77 Å². The normalized spacial score (nSPS) is 13.1. The van der Waals surface area contributed by atoms with Crippen LogP contribution in [0.3, 0.4) is 0 Å². The molecule has 0 spiro atoms. The number of benzene rings is 2. The van der Waals surface area contributed by atoms with Crippen molar-refractivity contribution >= 4 is 47.4 Å². The molecule has 4 aromatic rings. The van der Waals surface area contributed by atoms with Gasteiger partial charge in [0.2, 0.25) is 0 Å². The quantitative estimate of drug-likeness (QED) is 0.334. The van der Waals surface area contributed by atoms with Crippen LogP contribution in [-0.2, 0) is 13.0 Å². The number of fused-ring (bicyclic) bond motifs is 2. The van der Waals surface area contributed by atoms with E-state index in [0.717, 1.165) is 58.8 Å². The maximum absolute atomic E-state index is 12.3. The van der Waals surface area contributed by atoms with Crippen LogP contribution in [-0.4, -0.2) is 52.5 Å². The lowest BCUT2D eigenvalue weighted by Crippen LogP contribution is -2.24. The van der Waals surface area contributed by atoms with Gasteiger partial charge in [-0.05, 0) is 48.4 Å². The molecule has 1 aliphatic heterocycles. The summed E-state index contributed by atoms with van der Waals surface area (Å²) in [4.78, 5) is 23.7. The van der Waals surface area contributed by atoms with Crippen molar-refractivity contribution in [3.05, 3.63) is 65.5 Å². The van der Waals surface area contributed by atoms with E-state index in [1.165, 1.54) is 11.1 Å². The van der Waals surface area contributed by atoms with Gasteiger partial charge in [0.25, 0.3) is 5.91 Å². The number of halogens is 1. The number of carbonyl (C=O) groups is 1. The van der Waals surface area contributed by atoms with Crippen molar-refractivity contribution in [3.63, 3.8) is 0 Å². The zero-order chi connectivity index (χ0) is 23.8. The summed E-state index contributed by atoms with van der Waals surface area (Å²) in [7, 11) is 6.77. The number of amides is 1. The van der Waals surface area contributed by atoms with Gasteiger partial charge in [-0.25, -0.2) is 9.97 Å². The number of hydrogen-bond acceptors (Lipinski definition) is 6. The summed E-state index contributed by atoms with van der Waals surface area (Å²) in [5.41, 5.74) is 8.57. The van der Waals surface area contributed by atoms with Crippen LogP contribution in [0.1, 0.15) is 21.5 Å². The molecule has 0 bridgehead atoms. The van der Waals surface area contributed by atoms with Crippen molar-refractivity contribution in [2.24, 2.45) is 0 Å². The molecular formula is C25H24IN5O2S. The molecule has 1 aliphatic rings. The van der Waals surface area contributed by atoms with Crippen molar-refractivity contribution in [1.82, 2.24) is 24.2 Å². The number of nitrogens with zero attached hydrogens (tertiary/aromatic N) is 4. The topological polar surface area (TPSA) is 72.3 Å². The van der Waals surface area contributed by atoms with E-state index in [1.54, 1.807) is 35.2 Å². The average molecular weight is 585 g/mol. The summed E-state index contributed by atoms with van der Waals surface area (Å²) in [6, 6.07) is 11.9. The minimum Gasteiger partial charge on any atom is -0.496 e. The maximum atomic E-state index is 12.3. The Morgan fingerprint density at radius 2 is 2.00 bits per heavy atom. The van der Waals surface area contributed by atoms with Crippen molar-refractivity contribution in [2.75, 3.05) is 27.7 Å². The van der Waals surface area contributed by atoms with Gasteiger partial charge in [-0.2, -0.15) is 0 Å². The number of carbonyl (C=O) groups excluding carboxylic acids is 1. The molecule has 0 saturated heterocycles. The summed E-state index contributed by atoms with van der Waals surface area (Å²) < 4.78 is 7.71. The molecule has 1 N–H and O–H groups in total. The minimum atomic E-state index is -0.0181. The second-order valence-electron chi connectivity index (χ2n) is 8.38. The molecule has 0 atom stereocenters. The molecular weight excluding hydrogens is 561 g/mol. The van der Waals surface area contributed by atoms with E-state index >= 15 is 0 Å². The predicted molar refractivity (Wildman–Crippen MR) is 145 cm³/mol. The Balaban J connectivity index is 1.61. The summed E-state index contributed by atoms with van der Waals surface area (Å²) in [6.45, 7) is 1.77. The Morgan fingerprint density at radius 3 is 2.71 bits per heavy atom. The summed E-state index contributed by atoms with van der Waals surface area (Å²) in [6.07, 6.45) is 4.84. The number of hydrogen-bond donors (Lipinski definition) is 1. The monoisotopic (exact) mass is 585 g/mol. The summed E-state index contributed by atoms with van der Waals surface area (Å²) in [5.74, 6) is 0.860. The van der Waals surface area contributed by atoms with Crippen LogP contribution >= 0.6 is 30.3 Å². The van der Waals surface area contributed by atoms with Gasteiger partial charge in [-0.15, -0.1) is 0 Å². The first-order valence-electron chi connectivity index (χ1n) is 10.9. The van der Waals surface area contributed by atoms with Gasteiger partial charge in [-0.1, -0.05) is 12.1 Å². The molecule has 0 fully saturated rings. The predicted octanol–water partition coefficient (Wildman–Crippen LogP) is 4.97. The van der Waals surface area contributed by atoms with E-state index in [-0.39, 0.29) is 5.91 Å². The molecule has 9 heteroatoms. The van der Waals surface area contributed by atoms with Crippen LogP contribution in [0.2, 0.25) is 0 Å². The second kappa shape index (κ2) is 9.55. The van der Waals surface area contributed by atoms with Crippen LogP contribution in [0.25, 0.3) is 33.5 Å². The van der Waals surface area contributed by atoms with E-state index in [1.807, 2.05) is 46.7 Å². The van der Waals surface area contributed by atoms with Gasteiger partial charge >= 0.3 is 0 Å². The molecule has 0 aliphatic carbocycles. The number of rotatable bonds is 5. The first kappa shape index (κ1) is 23.1. The standard InChI is InChI=1S/C25H24IN5O2S/c1-30(2)25(32)16-6-4-15(5-7-16)20-14-31(34-26)24-23(20)29-21(13-28-24)18-10-17-8-9-27-12-19(17)22(11-18)33-3/h4-7,10-11,13-14,27H,8-9,12H2,1-3H3. The van der Waals surface area contributed by atoms with Gasteiger partial charge in [0.15, 0.2) is 5.65 Å². The van der Waals surface area contributed by atoms with Gasteiger partial charge in [0.1, 0.15) is 11.3 Å². The highest BCUT2D eigenvalue weighted by atomic mass is 127. The van der Waals surface area contributed by atoms with Crippen molar-refractivity contribution in [3.8, 4) is 28.1 Å². The fourth-order valence-corrected chi connectivity index (χ4v) is 5.56. The van der Waals surface area contributed by atoms with Gasteiger partial charge < -0.3 is 15.0 Å². The number of aromatic nitrogens is 3. The van der Waals surface area contributed by atoms with E-state index in [9.17, 15) is 4.79 Å².